The summed E-state index contributed by atoms with van der Waals surface area (Å²) in [6.45, 7) is 0. The van der Waals surface area contributed by atoms with E-state index in [-0.39, 0.29) is 5.91 Å². The highest BCUT2D eigenvalue weighted by molar-refractivity contribution is 5.99. The van der Waals surface area contributed by atoms with Crippen LogP contribution in [0.15, 0.2) is 48.1 Å². The zero-order valence-corrected chi connectivity index (χ0v) is 10.0. The van der Waals surface area contributed by atoms with Crippen molar-refractivity contribution in [2.24, 2.45) is 0 Å². The van der Waals surface area contributed by atoms with E-state index in [1.54, 1.807) is 24.3 Å². The Labute approximate surface area is 106 Å². The second-order valence-electron chi connectivity index (χ2n) is 4.19. The molecule has 0 unspecified atom stereocenters. The lowest BCUT2D eigenvalue weighted by molar-refractivity contribution is -0.111. The number of anilines is 1. The summed E-state index contributed by atoms with van der Waals surface area (Å²) < 4.78 is 0. The van der Waals surface area contributed by atoms with Crippen molar-refractivity contribution < 1.29 is 4.79 Å². The highest BCUT2D eigenvalue weighted by Crippen LogP contribution is 2.18. The molecule has 1 aliphatic carbocycles. The molecule has 0 aliphatic heterocycles. The third kappa shape index (κ3) is 3.33. The predicted molar refractivity (Wildman–Crippen MR) is 70.9 cm³/mol. The molecule has 0 saturated heterocycles. The Morgan fingerprint density at radius 1 is 1.44 bits per heavy atom. The van der Waals surface area contributed by atoms with E-state index in [1.165, 1.54) is 18.1 Å². The van der Waals surface area contributed by atoms with Gasteiger partial charge in [-0.2, -0.15) is 5.26 Å². The van der Waals surface area contributed by atoms with Crippen molar-refractivity contribution in [2.45, 2.75) is 19.3 Å². The number of carbonyl (C=O) groups excluding carboxylic acids is 1. The third-order valence-electron chi connectivity index (χ3n) is 2.78. The maximum Gasteiger partial charge on any atom is 0.248 e. The van der Waals surface area contributed by atoms with E-state index in [9.17, 15) is 4.79 Å². The first kappa shape index (κ1) is 12.1. The van der Waals surface area contributed by atoms with Gasteiger partial charge in [-0.1, -0.05) is 23.8 Å². The summed E-state index contributed by atoms with van der Waals surface area (Å²) in [6, 6.07) is 8.91. The van der Waals surface area contributed by atoms with Gasteiger partial charge in [-0.05, 0) is 37.5 Å². The standard InChI is InChI=1S/C15H14N2O/c16-11-13-6-3-7-14(10-13)17-15(18)9-8-12-4-1-2-5-12/h3-4,6-10H,1-2,5H2,(H,17,18)/b9-8-. The first-order valence-corrected chi connectivity index (χ1v) is 5.96. The van der Waals surface area contributed by atoms with E-state index in [4.69, 9.17) is 5.26 Å². The van der Waals surface area contributed by atoms with Gasteiger partial charge in [-0.3, -0.25) is 4.79 Å². The summed E-state index contributed by atoms with van der Waals surface area (Å²) in [4.78, 5) is 11.7. The third-order valence-corrected chi connectivity index (χ3v) is 2.78. The first-order chi connectivity index (χ1) is 8.78. The average molecular weight is 238 g/mol. The van der Waals surface area contributed by atoms with Crippen LogP contribution in [0.5, 0.6) is 0 Å². The van der Waals surface area contributed by atoms with Crippen molar-refractivity contribution in [3.05, 3.63) is 53.6 Å². The van der Waals surface area contributed by atoms with Gasteiger partial charge in [0.05, 0.1) is 11.6 Å². The van der Waals surface area contributed by atoms with Gasteiger partial charge < -0.3 is 5.32 Å². The van der Waals surface area contributed by atoms with E-state index in [0.717, 1.165) is 12.8 Å². The van der Waals surface area contributed by atoms with E-state index in [2.05, 4.69) is 11.4 Å². The lowest BCUT2D eigenvalue weighted by atomic mass is 10.2. The van der Waals surface area contributed by atoms with Crippen LogP contribution >= 0.6 is 0 Å². The van der Waals surface area contributed by atoms with Crippen LogP contribution in [0.3, 0.4) is 0 Å². The number of allylic oxidation sites excluding steroid dienone is 3. The minimum atomic E-state index is -0.169. The summed E-state index contributed by atoms with van der Waals surface area (Å²) in [6.07, 6.45) is 8.87. The molecule has 1 N–H and O–H groups in total. The Hall–Kier alpha value is -2.34. The van der Waals surface area contributed by atoms with Gasteiger partial charge in [0.15, 0.2) is 0 Å². The molecule has 0 heterocycles. The molecule has 0 bridgehead atoms. The van der Waals surface area contributed by atoms with Crippen LogP contribution in [0.25, 0.3) is 0 Å². The fourth-order valence-electron chi connectivity index (χ4n) is 1.88. The van der Waals surface area contributed by atoms with Crippen LogP contribution in [0.4, 0.5) is 5.69 Å². The smallest absolute Gasteiger partial charge is 0.248 e. The normalized spacial score (nSPS) is 14.3. The molecular weight excluding hydrogens is 224 g/mol. The summed E-state index contributed by atoms with van der Waals surface area (Å²) in [7, 11) is 0. The molecule has 3 heteroatoms. The second-order valence-corrected chi connectivity index (χ2v) is 4.19. The average Bonchev–Trinajstić information content (AvgIpc) is 2.90. The fraction of sp³-hybridized carbons (Fsp3) is 0.200. The SMILES string of the molecule is N#Cc1cccc(NC(=O)/C=C\C2=CCCC2)c1. The molecule has 1 aromatic carbocycles. The van der Waals surface area contributed by atoms with Gasteiger partial charge in [-0.25, -0.2) is 0 Å². The lowest BCUT2D eigenvalue weighted by Crippen LogP contribution is -2.07. The number of nitriles is 1. The molecule has 3 nitrogen and oxygen atoms in total. The van der Waals surface area contributed by atoms with Gasteiger partial charge in [-0.15, -0.1) is 0 Å². The van der Waals surface area contributed by atoms with Gasteiger partial charge in [0.1, 0.15) is 0 Å². The summed E-state index contributed by atoms with van der Waals surface area (Å²) >= 11 is 0. The van der Waals surface area contributed by atoms with E-state index < -0.39 is 0 Å². The number of hydrogen-bond acceptors (Lipinski definition) is 2. The first-order valence-electron chi connectivity index (χ1n) is 5.96. The molecule has 1 amide bonds. The molecular formula is C15H14N2O. The van der Waals surface area contributed by atoms with Crippen molar-refractivity contribution in [2.75, 3.05) is 5.32 Å². The number of nitrogens with one attached hydrogen (secondary N) is 1. The van der Waals surface area contributed by atoms with Crippen molar-refractivity contribution in [3.8, 4) is 6.07 Å². The molecule has 0 fully saturated rings. The summed E-state index contributed by atoms with van der Waals surface area (Å²) in [5.41, 5.74) is 2.40. The Balaban J connectivity index is 1.96. The van der Waals surface area contributed by atoms with Crippen molar-refractivity contribution in [1.82, 2.24) is 0 Å². The molecule has 0 radical (unpaired) electrons. The van der Waals surface area contributed by atoms with Crippen LogP contribution < -0.4 is 5.32 Å². The van der Waals surface area contributed by atoms with E-state index >= 15 is 0 Å². The predicted octanol–water partition coefficient (Wildman–Crippen LogP) is 3.16. The zero-order valence-electron chi connectivity index (χ0n) is 10.0. The zero-order chi connectivity index (χ0) is 12.8. The van der Waals surface area contributed by atoms with Crippen molar-refractivity contribution in [1.29, 1.82) is 5.26 Å². The molecule has 0 spiro atoms. The monoisotopic (exact) mass is 238 g/mol. The number of amides is 1. The molecule has 2 rings (SSSR count). The minimum Gasteiger partial charge on any atom is -0.322 e. The molecule has 0 aromatic heterocycles. The maximum atomic E-state index is 11.7. The van der Waals surface area contributed by atoms with Crippen molar-refractivity contribution in [3.63, 3.8) is 0 Å². The Morgan fingerprint density at radius 2 is 2.33 bits per heavy atom. The summed E-state index contributed by atoms with van der Waals surface area (Å²) in [5, 5.41) is 11.5. The van der Waals surface area contributed by atoms with Gasteiger partial charge in [0.25, 0.3) is 0 Å². The lowest BCUT2D eigenvalue weighted by Gasteiger charge is -2.01. The van der Waals surface area contributed by atoms with Crippen LogP contribution in [-0.2, 0) is 4.79 Å². The quantitative estimate of drug-likeness (QED) is 0.822. The van der Waals surface area contributed by atoms with Crippen LogP contribution in [0.1, 0.15) is 24.8 Å². The number of rotatable bonds is 3. The van der Waals surface area contributed by atoms with E-state index in [1.807, 2.05) is 12.1 Å². The van der Waals surface area contributed by atoms with Gasteiger partial charge in [0.2, 0.25) is 5.91 Å². The molecule has 0 saturated carbocycles. The van der Waals surface area contributed by atoms with Crippen LogP contribution in [-0.4, -0.2) is 5.91 Å². The topological polar surface area (TPSA) is 52.9 Å². The highest BCUT2D eigenvalue weighted by atomic mass is 16.1. The molecule has 18 heavy (non-hydrogen) atoms. The minimum absolute atomic E-state index is 0.169. The van der Waals surface area contributed by atoms with E-state index in [0.29, 0.717) is 11.3 Å². The number of benzene rings is 1. The maximum absolute atomic E-state index is 11.7. The number of hydrogen-bond donors (Lipinski definition) is 1. The highest BCUT2D eigenvalue weighted by Gasteiger charge is 2.02. The van der Waals surface area contributed by atoms with Gasteiger partial charge in [0, 0.05) is 11.8 Å². The Bertz CT molecular complexity index is 550. The number of carbonyl (C=O) groups is 1. The van der Waals surface area contributed by atoms with Crippen LogP contribution in [0.2, 0.25) is 0 Å². The molecule has 1 aromatic rings. The van der Waals surface area contributed by atoms with Gasteiger partial charge >= 0.3 is 0 Å². The summed E-state index contributed by atoms with van der Waals surface area (Å²) in [5.74, 6) is -0.169. The Morgan fingerprint density at radius 3 is 3.06 bits per heavy atom. The second kappa shape index (κ2) is 5.83. The van der Waals surface area contributed by atoms with Crippen LogP contribution in [0, 0.1) is 11.3 Å². The number of nitrogens with zero attached hydrogens (tertiary/aromatic N) is 1. The molecule has 1 aliphatic rings. The largest absolute Gasteiger partial charge is 0.322 e. The molecule has 90 valence electrons. The fourth-order valence-corrected chi connectivity index (χ4v) is 1.88. The molecule has 0 atom stereocenters. The Kier molecular flexibility index (Phi) is 3.93. The van der Waals surface area contributed by atoms with Crippen molar-refractivity contribution >= 4 is 11.6 Å².